The number of thioether (sulfide) groups is 1. The average molecular weight is 261 g/mol. The van der Waals surface area contributed by atoms with Crippen LogP contribution in [0.25, 0.3) is 6.08 Å². The third kappa shape index (κ3) is 2.48. The van der Waals surface area contributed by atoms with Gasteiger partial charge in [0.25, 0.3) is 11.1 Å². The van der Waals surface area contributed by atoms with Gasteiger partial charge in [-0.2, -0.15) is 0 Å². The summed E-state index contributed by atoms with van der Waals surface area (Å²) in [5, 5.41) is -0.186. The van der Waals surface area contributed by atoms with E-state index in [1.165, 1.54) is 4.90 Å². The Morgan fingerprint density at radius 3 is 2.56 bits per heavy atom. The molecular formula is C14H15NO2S. The van der Waals surface area contributed by atoms with E-state index in [0.717, 1.165) is 22.9 Å². The molecule has 1 aliphatic heterocycles. The molecule has 1 saturated heterocycles. The minimum Gasteiger partial charge on any atom is -0.268 e. The molecule has 0 unspecified atom stereocenters. The molecular weight excluding hydrogens is 246 g/mol. The molecule has 1 heterocycles. The summed E-state index contributed by atoms with van der Waals surface area (Å²) in [6.07, 6.45) is 1.78. The van der Waals surface area contributed by atoms with Crippen molar-refractivity contribution in [2.45, 2.75) is 26.8 Å². The van der Waals surface area contributed by atoms with Crippen LogP contribution in [0.4, 0.5) is 4.79 Å². The standard InChI is InChI=1S/C14H15NO2S/c1-9(2)15-13(16)12(18-14(15)17)8-11-6-4-5-10(3)7-11/h4-9H,1-3H3/b12-8+. The molecule has 2 amide bonds. The lowest BCUT2D eigenvalue weighted by Crippen LogP contribution is -2.34. The molecule has 4 heteroatoms. The Balaban J connectivity index is 2.31. The summed E-state index contributed by atoms with van der Waals surface area (Å²) in [6.45, 7) is 5.68. The van der Waals surface area contributed by atoms with Gasteiger partial charge >= 0.3 is 0 Å². The number of carbonyl (C=O) groups excluding carboxylic acids is 2. The van der Waals surface area contributed by atoms with E-state index >= 15 is 0 Å². The van der Waals surface area contributed by atoms with Crippen LogP contribution < -0.4 is 0 Å². The summed E-state index contributed by atoms with van der Waals surface area (Å²) >= 11 is 1.01. The van der Waals surface area contributed by atoms with Gasteiger partial charge in [0.15, 0.2) is 0 Å². The predicted octanol–water partition coefficient (Wildman–Crippen LogP) is 3.44. The normalized spacial score (nSPS) is 18.2. The molecule has 0 aromatic heterocycles. The van der Waals surface area contributed by atoms with E-state index in [1.54, 1.807) is 6.08 Å². The molecule has 1 aromatic rings. The first kappa shape index (κ1) is 12.9. The van der Waals surface area contributed by atoms with E-state index in [-0.39, 0.29) is 17.2 Å². The zero-order chi connectivity index (χ0) is 13.3. The van der Waals surface area contributed by atoms with Gasteiger partial charge in [-0.1, -0.05) is 29.8 Å². The fourth-order valence-electron chi connectivity index (χ4n) is 1.84. The van der Waals surface area contributed by atoms with Crippen molar-refractivity contribution in [1.29, 1.82) is 0 Å². The molecule has 1 fully saturated rings. The summed E-state index contributed by atoms with van der Waals surface area (Å²) in [4.78, 5) is 25.6. The number of aryl methyl sites for hydroxylation is 1. The van der Waals surface area contributed by atoms with Gasteiger partial charge in [0, 0.05) is 6.04 Å². The van der Waals surface area contributed by atoms with Crippen LogP contribution in [0.15, 0.2) is 29.2 Å². The van der Waals surface area contributed by atoms with Gasteiger partial charge in [0.1, 0.15) is 0 Å². The number of amides is 2. The van der Waals surface area contributed by atoms with Gasteiger partial charge in [-0.25, -0.2) is 0 Å². The van der Waals surface area contributed by atoms with Crippen LogP contribution in [0.1, 0.15) is 25.0 Å². The SMILES string of the molecule is Cc1cccc(/C=C2/SC(=O)N(C(C)C)C2=O)c1. The maximum absolute atomic E-state index is 12.1. The average Bonchev–Trinajstić information content (AvgIpc) is 2.54. The van der Waals surface area contributed by atoms with Gasteiger partial charge in [-0.15, -0.1) is 0 Å². The molecule has 1 aromatic carbocycles. The van der Waals surface area contributed by atoms with E-state index in [0.29, 0.717) is 4.91 Å². The monoisotopic (exact) mass is 261 g/mol. The third-order valence-electron chi connectivity index (χ3n) is 2.68. The number of hydrogen-bond acceptors (Lipinski definition) is 3. The Morgan fingerprint density at radius 2 is 2.00 bits per heavy atom. The number of imide groups is 1. The molecule has 18 heavy (non-hydrogen) atoms. The first-order valence-corrected chi connectivity index (χ1v) is 6.64. The van der Waals surface area contributed by atoms with E-state index in [9.17, 15) is 9.59 Å². The molecule has 3 nitrogen and oxygen atoms in total. The zero-order valence-electron chi connectivity index (χ0n) is 10.6. The molecule has 0 N–H and O–H groups in total. The maximum atomic E-state index is 12.1. The largest absolute Gasteiger partial charge is 0.293 e. The van der Waals surface area contributed by atoms with Crippen molar-refractivity contribution < 1.29 is 9.59 Å². The molecule has 1 aliphatic rings. The molecule has 0 atom stereocenters. The van der Waals surface area contributed by atoms with Crippen molar-refractivity contribution in [3.63, 3.8) is 0 Å². The highest BCUT2D eigenvalue weighted by Gasteiger charge is 2.36. The quantitative estimate of drug-likeness (QED) is 0.765. The number of benzene rings is 1. The zero-order valence-corrected chi connectivity index (χ0v) is 11.5. The van der Waals surface area contributed by atoms with Gasteiger partial charge in [0.2, 0.25) is 0 Å². The number of nitrogens with zero attached hydrogens (tertiary/aromatic N) is 1. The van der Waals surface area contributed by atoms with Gasteiger partial charge < -0.3 is 0 Å². The number of hydrogen-bond donors (Lipinski definition) is 0. The highest BCUT2D eigenvalue weighted by atomic mass is 32.2. The van der Waals surface area contributed by atoms with Crippen LogP contribution in [0.5, 0.6) is 0 Å². The highest BCUT2D eigenvalue weighted by molar-refractivity contribution is 8.18. The van der Waals surface area contributed by atoms with Crippen LogP contribution >= 0.6 is 11.8 Å². The number of carbonyl (C=O) groups is 2. The van der Waals surface area contributed by atoms with Crippen molar-refractivity contribution in [2.24, 2.45) is 0 Å². The Labute approximate surface area is 111 Å². The smallest absolute Gasteiger partial charge is 0.268 e. The summed E-state index contributed by atoms with van der Waals surface area (Å²) in [5.41, 5.74) is 2.08. The fourth-order valence-corrected chi connectivity index (χ4v) is 2.80. The van der Waals surface area contributed by atoms with Gasteiger partial charge in [-0.3, -0.25) is 14.5 Å². The van der Waals surface area contributed by atoms with Crippen molar-refractivity contribution in [2.75, 3.05) is 0 Å². The van der Waals surface area contributed by atoms with Crippen LogP contribution in [0, 0.1) is 6.92 Å². The second-order valence-corrected chi connectivity index (χ2v) is 5.55. The fraction of sp³-hybridized carbons (Fsp3) is 0.286. The van der Waals surface area contributed by atoms with Crippen LogP contribution in [0.2, 0.25) is 0 Å². The minimum absolute atomic E-state index is 0.0964. The van der Waals surface area contributed by atoms with Crippen molar-refractivity contribution in [1.82, 2.24) is 4.90 Å². The van der Waals surface area contributed by atoms with Crippen molar-refractivity contribution in [3.8, 4) is 0 Å². The Kier molecular flexibility index (Phi) is 3.57. The molecule has 2 rings (SSSR count). The van der Waals surface area contributed by atoms with E-state index in [4.69, 9.17) is 0 Å². The predicted molar refractivity (Wildman–Crippen MR) is 74.1 cm³/mol. The maximum Gasteiger partial charge on any atom is 0.293 e. The summed E-state index contributed by atoms with van der Waals surface area (Å²) in [5.74, 6) is -0.193. The third-order valence-corrected chi connectivity index (χ3v) is 3.56. The van der Waals surface area contributed by atoms with Gasteiger partial charge in [-0.05, 0) is 44.2 Å². The first-order valence-electron chi connectivity index (χ1n) is 5.83. The lowest BCUT2D eigenvalue weighted by Gasteiger charge is -2.16. The molecule has 0 saturated carbocycles. The topological polar surface area (TPSA) is 37.4 Å². The minimum atomic E-state index is -0.193. The first-order chi connectivity index (χ1) is 8.49. The Morgan fingerprint density at radius 1 is 1.28 bits per heavy atom. The number of rotatable bonds is 2. The van der Waals surface area contributed by atoms with Crippen LogP contribution in [0.3, 0.4) is 0 Å². The van der Waals surface area contributed by atoms with Crippen molar-refractivity contribution >= 4 is 29.0 Å². The molecule has 0 aliphatic carbocycles. The highest BCUT2D eigenvalue weighted by Crippen LogP contribution is 2.33. The summed E-state index contributed by atoms with van der Waals surface area (Å²) < 4.78 is 0. The van der Waals surface area contributed by atoms with Gasteiger partial charge in [0.05, 0.1) is 4.91 Å². The Hall–Kier alpha value is -1.55. The molecule has 0 spiro atoms. The van der Waals surface area contributed by atoms with Crippen LogP contribution in [-0.4, -0.2) is 22.1 Å². The van der Waals surface area contributed by atoms with E-state index in [1.807, 2.05) is 45.0 Å². The lowest BCUT2D eigenvalue weighted by atomic mass is 10.1. The second kappa shape index (κ2) is 4.98. The summed E-state index contributed by atoms with van der Waals surface area (Å²) in [7, 11) is 0. The molecule has 0 radical (unpaired) electrons. The van der Waals surface area contributed by atoms with Crippen molar-refractivity contribution in [3.05, 3.63) is 40.3 Å². The van der Waals surface area contributed by atoms with Crippen LogP contribution in [-0.2, 0) is 4.79 Å². The molecule has 0 bridgehead atoms. The molecule has 94 valence electrons. The lowest BCUT2D eigenvalue weighted by molar-refractivity contribution is -0.123. The second-order valence-electron chi connectivity index (χ2n) is 4.56. The Bertz CT molecular complexity index is 534. The van der Waals surface area contributed by atoms with E-state index < -0.39 is 0 Å². The summed E-state index contributed by atoms with van der Waals surface area (Å²) in [6, 6.07) is 7.76. The van der Waals surface area contributed by atoms with E-state index in [2.05, 4.69) is 0 Å².